The van der Waals surface area contributed by atoms with Crippen LogP contribution in [0.4, 0.5) is 17.1 Å². The Kier molecular flexibility index (Phi) is 5.78. The molecule has 0 aliphatic heterocycles. The summed E-state index contributed by atoms with van der Waals surface area (Å²) in [6, 6.07) is 55.9. The minimum Gasteiger partial charge on any atom is -0.310 e. The first-order valence-electron chi connectivity index (χ1n) is 15.6. The quantitative estimate of drug-likeness (QED) is 0.196. The zero-order chi connectivity index (χ0) is 30.1. The lowest BCUT2D eigenvalue weighted by Crippen LogP contribution is -2.15. The Morgan fingerprint density at radius 2 is 1.04 bits per heavy atom. The fourth-order valence-corrected chi connectivity index (χ4v) is 8.44. The number of thiophene rings is 1. The van der Waals surface area contributed by atoms with Crippen LogP contribution in [0.1, 0.15) is 25.0 Å². The van der Waals surface area contributed by atoms with Crippen molar-refractivity contribution < 1.29 is 0 Å². The molecule has 1 aromatic heterocycles. The lowest BCUT2D eigenvalue weighted by Gasteiger charge is -2.27. The van der Waals surface area contributed by atoms with Gasteiger partial charge in [0.25, 0.3) is 0 Å². The van der Waals surface area contributed by atoms with E-state index in [0.29, 0.717) is 0 Å². The predicted molar refractivity (Wildman–Crippen MR) is 195 cm³/mol. The molecule has 0 N–H and O–H groups in total. The number of fused-ring (bicyclic) bond motifs is 7. The Labute approximate surface area is 267 Å². The molecule has 0 atom stereocenters. The first kappa shape index (κ1) is 26.2. The van der Waals surface area contributed by atoms with Gasteiger partial charge in [0.05, 0.1) is 0 Å². The van der Waals surface area contributed by atoms with Gasteiger partial charge in [0.15, 0.2) is 0 Å². The summed E-state index contributed by atoms with van der Waals surface area (Å²) in [5.74, 6) is 0. The van der Waals surface area contributed by atoms with Crippen molar-refractivity contribution in [3.05, 3.63) is 163 Å². The van der Waals surface area contributed by atoms with Crippen LogP contribution in [0.15, 0.2) is 152 Å². The van der Waals surface area contributed by atoms with Gasteiger partial charge >= 0.3 is 0 Å². The minimum absolute atomic E-state index is 0.0641. The van der Waals surface area contributed by atoms with Gasteiger partial charge in [0.1, 0.15) is 0 Å². The van der Waals surface area contributed by atoms with Gasteiger partial charge in [-0.05, 0) is 98.8 Å². The maximum absolute atomic E-state index is 2.42. The number of nitrogens with zero attached hydrogens (tertiary/aromatic N) is 1. The van der Waals surface area contributed by atoms with Crippen molar-refractivity contribution in [2.75, 3.05) is 4.90 Å². The highest BCUT2D eigenvalue weighted by Crippen LogP contribution is 2.52. The number of hydrogen-bond donors (Lipinski definition) is 0. The van der Waals surface area contributed by atoms with Crippen LogP contribution in [0.5, 0.6) is 0 Å². The minimum atomic E-state index is -0.0641. The Morgan fingerprint density at radius 3 is 1.87 bits per heavy atom. The zero-order valence-electron chi connectivity index (χ0n) is 25.3. The predicted octanol–water partition coefficient (Wildman–Crippen LogP) is 12.7. The Morgan fingerprint density at radius 1 is 0.444 bits per heavy atom. The maximum Gasteiger partial charge on any atom is 0.0476 e. The molecule has 1 heterocycles. The molecule has 0 radical (unpaired) electrons. The summed E-state index contributed by atoms with van der Waals surface area (Å²) in [6.45, 7) is 4.73. The van der Waals surface area contributed by atoms with E-state index in [0.717, 1.165) is 11.4 Å². The van der Waals surface area contributed by atoms with Crippen molar-refractivity contribution in [1.29, 1.82) is 0 Å². The largest absolute Gasteiger partial charge is 0.310 e. The molecule has 1 aliphatic carbocycles. The molecular formula is C43H31NS. The molecule has 1 aliphatic rings. The average molecular weight is 594 g/mol. The fraction of sp³-hybridized carbons (Fsp3) is 0.0698. The summed E-state index contributed by atoms with van der Waals surface area (Å²) < 4.78 is 2.63. The van der Waals surface area contributed by atoms with Crippen LogP contribution in [0.2, 0.25) is 0 Å². The van der Waals surface area contributed by atoms with Crippen LogP contribution >= 0.6 is 11.3 Å². The van der Waals surface area contributed by atoms with Crippen LogP contribution in [0, 0.1) is 0 Å². The third kappa shape index (κ3) is 4.13. The highest BCUT2D eigenvalue weighted by atomic mass is 32.1. The first-order chi connectivity index (χ1) is 22.0. The second-order valence-corrected chi connectivity index (χ2v) is 13.7. The molecule has 9 rings (SSSR count). The lowest BCUT2D eigenvalue weighted by atomic mass is 9.82. The van der Waals surface area contributed by atoms with E-state index in [-0.39, 0.29) is 5.41 Å². The molecule has 0 unspecified atom stereocenters. The normalized spacial score (nSPS) is 13.3. The third-order valence-corrected chi connectivity index (χ3v) is 10.8. The zero-order valence-corrected chi connectivity index (χ0v) is 26.1. The van der Waals surface area contributed by atoms with Gasteiger partial charge in [-0.2, -0.15) is 0 Å². The number of rotatable bonds is 4. The van der Waals surface area contributed by atoms with Crippen LogP contribution < -0.4 is 4.90 Å². The van der Waals surface area contributed by atoms with Gasteiger partial charge in [-0.1, -0.05) is 111 Å². The maximum atomic E-state index is 2.42. The molecular weight excluding hydrogens is 563 g/mol. The number of benzene rings is 7. The summed E-state index contributed by atoms with van der Waals surface area (Å²) in [6.07, 6.45) is 0. The van der Waals surface area contributed by atoms with Gasteiger partial charge < -0.3 is 4.90 Å². The monoisotopic (exact) mass is 593 g/mol. The molecule has 0 fully saturated rings. The van der Waals surface area contributed by atoms with Crippen LogP contribution in [0.25, 0.3) is 53.2 Å². The van der Waals surface area contributed by atoms with E-state index in [9.17, 15) is 0 Å². The first-order valence-corrected chi connectivity index (χ1v) is 16.4. The Hall–Kier alpha value is -5.18. The highest BCUT2D eigenvalue weighted by Gasteiger charge is 2.36. The molecule has 45 heavy (non-hydrogen) atoms. The van der Waals surface area contributed by atoms with Crippen LogP contribution in [-0.4, -0.2) is 0 Å². The standard InChI is InChI=1S/C43H31NS/c1-43(2)39-23-21-33(26-38(39)37-24-30-12-6-7-13-31(30)25-40(37)43)44(32-18-16-29(17-19-32)28-10-4-3-5-11-28)34-20-22-36-35-14-8-9-15-41(35)45-42(36)27-34/h3-27H,1-2H3. The van der Waals surface area contributed by atoms with Crippen molar-refractivity contribution in [2.24, 2.45) is 0 Å². The Balaban J connectivity index is 1.23. The molecule has 8 aromatic rings. The molecule has 0 saturated heterocycles. The lowest BCUT2D eigenvalue weighted by molar-refractivity contribution is 0.661. The molecule has 1 nitrogen and oxygen atoms in total. The van der Waals surface area contributed by atoms with E-state index in [2.05, 4.69) is 170 Å². The third-order valence-electron chi connectivity index (χ3n) is 9.64. The highest BCUT2D eigenvalue weighted by molar-refractivity contribution is 7.25. The molecule has 0 spiro atoms. The summed E-state index contributed by atoms with van der Waals surface area (Å²) in [5.41, 5.74) is 11.3. The van der Waals surface area contributed by atoms with Gasteiger partial charge in [-0.3, -0.25) is 0 Å². The van der Waals surface area contributed by atoms with Crippen LogP contribution in [0.3, 0.4) is 0 Å². The van der Waals surface area contributed by atoms with Crippen molar-refractivity contribution in [1.82, 2.24) is 0 Å². The molecule has 214 valence electrons. The van der Waals surface area contributed by atoms with E-state index >= 15 is 0 Å². The smallest absolute Gasteiger partial charge is 0.0476 e. The SMILES string of the molecule is CC1(C)c2ccc(N(c3ccc(-c4ccccc4)cc3)c3ccc4c(c3)sc3ccccc34)cc2-c2cc3ccccc3cc21. The number of hydrogen-bond acceptors (Lipinski definition) is 2. The summed E-state index contributed by atoms with van der Waals surface area (Å²) in [4.78, 5) is 2.42. The second kappa shape index (κ2) is 9.92. The summed E-state index contributed by atoms with van der Waals surface area (Å²) in [7, 11) is 0. The van der Waals surface area contributed by atoms with E-state index < -0.39 is 0 Å². The van der Waals surface area contributed by atoms with Gasteiger partial charge in [-0.25, -0.2) is 0 Å². The molecule has 7 aromatic carbocycles. The van der Waals surface area contributed by atoms with Gasteiger partial charge in [0, 0.05) is 42.6 Å². The molecule has 0 bridgehead atoms. The summed E-state index contributed by atoms with van der Waals surface area (Å²) in [5, 5.41) is 5.23. The van der Waals surface area contributed by atoms with Crippen molar-refractivity contribution in [3.8, 4) is 22.3 Å². The topological polar surface area (TPSA) is 3.24 Å². The average Bonchev–Trinajstić information content (AvgIpc) is 3.56. The van der Waals surface area contributed by atoms with Crippen LogP contribution in [-0.2, 0) is 5.41 Å². The van der Waals surface area contributed by atoms with E-state index in [1.54, 1.807) is 0 Å². The fourth-order valence-electron chi connectivity index (χ4n) is 7.30. The van der Waals surface area contributed by atoms with E-state index in [1.165, 1.54) is 70.0 Å². The van der Waals surface area contributed by atoms with Crippen molar-refractivity contribution >= 4 is 59.3 Å². The Bertz CT molecular complexity index is 2400. The summed E-state index contributed by atoms with van der Waals surface area (Å²) >= 11 is 1.87. The van der Waals surface area contributed by atoms with E-state index in [4.69, 9.17) is 0 Å². The van der Waals surface area contributed by atoms with Crippen molar-refractivity contribution in [2.45, 2.75) is 19.3 Å². The number of anilines is 3. The van der Waals surface area contributed by atoms with Gasteiger partial charge in [0.2, 0.25) is 0 Å². The van der Waals surface area contributed by atoms with Crippen molar-refractivity contribution in [3.63, 3.8) is 0 Å². The molecule has 2 heteroatoms. The molecule has 0 amide bonds. The van der Waals surface area contributed by atoms with E-state index in [1.807, 2.05) is 11.3 Å². The van der Waals surface area contributed by atoms with Gasteiger partial charge in [-0.15, -0.1) is 11.3 Å². The molecule has 0 saturated carbocycles. The second-order valence-electron chi connectivity index (χ2n) is 12.6.